The molecule has 0 fully saturated rings. The van der Waals surface area contributed by atoms with Crippen molar-refractivity contribution in [2.75, 3.05) is 31.3 Å². The molecule has 0 aromatic carbocycles. The monoisotopic (exact) mass is 532 g/mol. The molecule has 0 saturated heterocycles. The number of hydrogen-bond donors (Lipinski definition) is 0. The van der Waals surface area contributed by atoms with E-state index in [0.717, 1.165) is 6.42 Å². The standard InChI is InChI=1S/C31H62O2P.ClH/c1-6-9-12-15-18-21-26-34(27-22-19-16-13-10-7-2,28-23-20-17-14-11-8-3)29-24-25-33-31(32)30(4)5;/h4,6-29H2,1-3,5H3;1H/q+1;/p-1. The highest BCUT2D eigenvalue weighted by molar-refractivity contribution is 7.75. The highest BCUT2D eigenvalue weighted by Crippen LogP contribution is 2.61. The first-order valence-electron chi connectivity index (χ1n) is 15.2. The predicted octanol–water partition coefficient (Wildman–Crippen LogP) is 7.60. The van der Waals surface area contributed by atoms with Crippen molar-refractivity contribution < 1.29 is 21.9 Å². The molecule has 0 aromatic rings. The molecule has 0 aliphatic rings. The maximum absolute atomic E-state index is 11.8. The molecule has 0 atom stereocenters. The van der Waals surface area contributed by atoms with Crippen molar-refractivity contribution >= 4 is 13.2 Å². The lowest BCUT2D eigenvalue weighted by Gasteiger charge is -2.28. The molecule has 0 saturated carbocycles. The summed E-state index contributed by atoms with van der Waals surface area (Å²) in [5.74, 6) is -0.216. The van der Waals surface area contributed by atoms with E-state index in [1.807, 2.05) is 0 Å². The first-order valence-corrected chi connectivity index (χ1v) is 17.7. The molecule has 35 heavy (non-hydrogen) atoms. The Morgan fingerprint density at radius 2 is 0.886 bits per heavy atom. The maximum Gasteiger partial charge on any atom is 0.333 e. The van der Waals surface area contributed by atoms with Gasteiger partial charge < -0.3 is 17.1 Å². The summed E-state index contributed by atoms with van der Waals surface area (Å²) in [5.41, 5.74) is 0.521. The Morgan fingerprint density at radius 1 is 0.571 bits per heavy atom. The summed E-state index contributed by atoms with van der Waals surface area (Å²) in [6.45, 7) is 13.0. The molecule has 210 valence electrons. The molecule has 0 unspecified atom stereocenters. The van der Waals surface area contributed by atoms with E-state index in [1.165, 1.54) is 140 Å². The van der Waals surface area contributed by atoms with Crippen LogP contribution in [0.1, 0.15) is 150 Å². The summed E-state index contributed by atoms with van der Waals surface area (Å²) in [4.78, 5) is 11.8. The van der Waals surface area contributed by atoms with E-state index in [-0.39, 0.29) is 18.4 Å². The van der Waals surface area contributed by atoms with Gasteiger partial charge in [0.05, 0.1) is 31.3 Å². The fourth-order valence-corrected chi connectivity index (χ4v) is 9.87. The summed E-state index contributed by atoms with van der Waals surface area (Å²) < 4.78 is 5.49. The summed E-state index contributed by atoms with van der Waals surface area (Å²) in [5, 5.41) is 0. The van der Waals surface area contributed by atoms with E-state index < -0.39 is 7.26 Å². The van der Waals surface area contributed by atoms with Crippen LogP contribution < -0.4 is 12.4 Å². The van der Waals surface area contributed by atoms with Gasteiger partial charge in [-0.3, -0.25) is 0 Å². The number of carbonyl (C=O) groups is 1. The van der Waals surface area contributed by atoms with Gasteiger partial charge in [0.1, 0.15) is 0 Å². The van der Waals surface area contributed by atoms with Gasteiger partial charge in [0.2, 0.25) is 0 Å². The number of unbranched alkanes of at least 4 members (excludes halogenated alkanes) is 15. The van der Waals surface area contributed by atoms with Gasteiger partial charge in [-0.15, -0.1) is 0 Å². The number of hydrogen-bond acceptors (Lipinski definition) is 2. The minimum absolute atomic E-state index is 0. The van der Waals surface area contributed by atoms with Crippen LogP contribution in [0.25, 0.3) is 0 Å². The summed E-state index contributed by atoms with van der Waals surface area (Å²) in [6.07, 6.45) is 32.0. The second-order valence-electron chi connectivity index (χ2n) is 10.8. The van der Waals surface area contributed by atoms with Crippen LogP contribution in [0.4, 0.5) is 0 Å². The van der Waals surface area contributed by atoms with Gasteiger partial charge in [-0.2, -0.15) is 0 Å². The normalized spacial score (nSPS) is 11.3. The molecule has 0 radical (unpaired) electrons. The predicted molar refractivity (Wildman–Crippen MR) is 157 cm³/mol. The van der Waals surface area contributed by atoms with Crippen molar-refractivity contribution in [2.45, 2.75) is 150 Å². The Bertz CT molecular complexity index is 440. The third kappa shape index (κ3) is 22.8. The van der Waals surface area contributed by atoms with Crippen LogP contribution in [0.5, 0.6) is 0 Å². The number of ether oxygens (including phenoxy) is 1. The van der Waals surface area contributed by atoms with Crippen LogP contribution in [-0.2, 0) is 9.53 Å². The Kier molecular flexibility index (Phi) is 28.6. The Hall–Kier alpha value is -0.0700. The van der Waals surface area contributed by atoms with Gasteiger partial charge in [0, 0.05) is 19.3 Å². The second-order valence-corrected chi connectivity index (χ2v) is 15.3. The highest BCUT2D eigenvalue weighted by atomic mass is 35.5. The van der Waals surface area contributed by atoms with E-state index in [1.54, 1.807) is 6.92 Å². The van der Waals surface area contributed by atoms with Gasteiger partial charge in [0.15, 0.2) is 0 Å². The van der Waals surface area contributed by atoms with Crippen LogP contribution in [0.3, 0.4) is 0 Å². The van der Waals surface area contributed by atoms with Gasteiger partial charge in [-0.25, -0.2) is 4.79 Å². The van der Waals surface area contributed by atoms with Crippen LogP contribution in [0.2, 0.25) is 0 Å². The largest absolute Gasteiger partial charge is 1.00 e. The minimum atomic E-state index is -0.960. The number of carbonyl (C=O) groups excluding carboxylic acids is 1. The Balaban J connectivity index is 0. The van der Waals surface area contributed by atoms with Crippen LogP contribution in [0, 0.1) is 0 Å². The molecular weight excluding hydrogens is 471 g/mol. The smallest absolute Gasteiger partial charge is 0.333 e. The number of esters is 1. The van der Waals surface area contributed by atoms with Crippen molar-refractivity contribution in [3.63, 3.8) is 0 Å². The first kappa shape index (κ1) is 37.1. The number of rotatable bonds is 26. The van der Waals surface area contributed by atoms with E-state index in [2.05, 4.69) is 27.4 Å². The summed E-state index contributed by atoms with van der Waals surface area (Å²) >= 11 is 0. The SMILES string of the molecule is C=C(C)C(=O)OCCC[P+](CCCCCCCC)(CCCCCCCC)CCCCCCCC.[Cl-]. The van der Waals surface area contributed by atoms with Crippen LogP contribution >= 0.6 is 7.26 Å². The molecule has 0 rings (SSSR count). The highest BCUT2D eigenvalue weighted by Gasteiger charge is 2.35. The number of halogens is 1. The maximum atomic E-state index is 11.8. The lowest BCUT2D eigenvalue weighted by atomic mass is 10.1. The van der Waals surface area contributed by atoms with Gasteiger partial charge >= 0.3 is 5.97 Å². The van der Waals surface area contributed by atoms with Crippen molar-refractivity contribution in [3.8, 4) is 0 Å². The summed E-state index contributed by atoms with van der Waals surface area (Å²) in [7, 11) is -0.960. The molecule has 0 aromatic heterocycles. The molecular formula is C31H62ClO2P. The second kappa shape index (κ2) is 27.0. The lowest BCUT2D eigenvalue weighted by molar-refractivity contribution is -0.138. The van der Waals surface area contributed by atoms with Crippen molar-refractivity contribution in [1.29, 1.82) is 0 Å². The topological polar surface area (TPSA) is 26.3 Å². The summed E-state index contributed by atoms with van der Waals surface area (Å²) in [6, 6.07) is 0. The van der Waals surface area contributed by atoms with Gasteiger partial charge in [-0.05, 0) is 45.4 Å². The van der Waals surface area contributed by atoms with E-state index in [4.69, 9.17) is 4.74 Å². The molecule has 0 spiro atoms. The molecule has 0 N–H and O–H groups in total. The third-order valence-corrected chi connectivity index (χ3v) is 12.4. The molecule has 0 bridgehead atoms. The van der Waals surface area contributed by atoms with Gasteiger partial charge in [0.25, 0.3) is 0 Å². The Morgan fingerprint density at radius 3 is 1.23 bits per heavy atom. The van der Waals surface area contributed by atoms with Crippen molar-refractivity contribution in [1.82, 2.24) is 0 Å². The van der Waals surface area contributed by atoms with Gasteiger partial charge in [-0.1, -0.05) is 104 Å². The first-order chi connectivity index (χ1) is 16.5. The minimum Gasteiger partial charge on any atom is -1.00 e. The van der Waals surface area contributed by atoms with Crippen LogP contribution in [-0.4, -0.2) is 37.2 Å². The zero-order chi connectivity index (χ0) is 25.3. The van der Waals surface area contributed by atoms with Crippen molar-refractivity contribution in [3.05, 3.63) is 12.2 Å². The van der Waals surface area contributed by atoms with Crippen molar-refractivity contribution in [2.24, 2.45) is 0 Å². The molecule has 0 amide bonds. The molecule has 4 heteroatoms. The molecule has 0 aliphatic carbocycles. The zero-order valence-electron chi connectivity index (χ0n) is 24.3. The third-order valence-electron chi connectivity index (χ3n) is 7.32. The van der Waals surface area contributed by atoms with Crippen LogP contribution in [0.15, 0.2) is 12.2 Å². The quantitative estimate of drug-likeness (QED) is 0.0496. The average molecular weight is 533 g/mol. The Labute approximate surface area is 228 Å². The lowest BCUT2D eigenvalue weighted by Crippen LogP contribution is -3.00. The zero-order valence-corrected chi connectivity index (χ0v) is 26.0. The van der Waals surface area contributed by atoms with E-state index >= 15 is 0 Å². The fourth-order valence-electron chi connectivity index (χ4n) is 5.04. The molecule has 0 aliphatic heterocycles. The van der Waals surface area contributed by atoms with E-state index in [9.17, 15) is 4.79 Å². The molecule has 0 heterocycles. The molecule has 2 nitrogen and oxygen atoms in total. The fraction of sp³-hybridized carbons (Fsp3) is 0.903. The average Bonchev–Trinajstić information content (AvgIpc) is 2.83. The van der Waals surface area contributed by atoms with E-state index in [0.29, 0.717) is 12.2 Å².